The number of hydrogen-bond donors (Lipinski definition) is 1. The maximum Gasteiger partial charge on any atom is 0.217 e. The van der Waals surface area contributed by atoms with Crippen LogP contribution in [0.25, 0.3) is 10.8 Å². The number of rotatable bonds is 8. The van der Waals surface area contributed by atoms with Gasteiger partial charge in [0, 0.05) is 60.4 Å². The van der Waals surface area contributed by atoms with Crippen molar-refractivity contribution in [1.82, 2.24) is 4.98 Å². The summed E-state index contributed by atoms with van der Waals surface area (Å²) in [5.41, 5.74) is 0.637. The number of aliphatic hydroxyl groups is 1. The van der Waals surface area contributed by atoms with Gasteiger partial charge in [-0.1, -0.05) is 73.6 Å². The number of ether oxygens (including phenoxy) is 1. The molecule has 0 aliphatic heterocycles. The number of ketones is 1. The number of carbonyl (C=O) groups excluding carboxylic acids is 1. The molecule has 3 aromatic rings. The van der Waals surface area contributed by atoms with Crippen LogP contribution in [0.1, 0.15) is 79.7 Å². The molecule has 0 atom stereocenters. The van der Waals surface area contributed by atoms with Gasteiger partial charge in [0.15, 0.2) is 5.78 Å². The summed E-state index contributed by atoms with van der Waals surface area (Å²) in [6.07, 6.45) is 4.84. The molecule has 1 N–H and O–H groups in total. The Kier molecular flexibility index (Phi) is 12.0. The van der Waals surface area contributed by atoms with Crippen molar-refractivity contribution in [3.8, 4) is 11.6 Å². The summed E-state index contributed by atoms with van der Waals surface area (Å²) in [7, 11) is 0. The summed E-state index contributed by atoms with van der Waals surface area (Å²) in [5.74, 6) is 1.99. The fraction of sp³-hybridized carbons (Fsp3) is 0.419. The molecular formula is C31H40IrNO3-. The number of hydrogen-bond acceptors (Lipinski definition) is 4. The molecule has 4 nitrogen and oxygen atoms in total. The van der Waals surface area contributed by atoms with Gasteiger partial charge in [-0.25, -0.2) is 4.98 Å². The van der Waals surface area contributed by atoms with Crippen LogP contribution in [-0.2, 0) is 24.9 Å². The number of allylic oxidation sites excluding steroid dienone is 2. The van der Waals surface area contributed by atoms with Crippen molar-refractivity contribution in [2.75, 3.05) is 0 Å². The van der Waals surface area contributed by atoms with Crippen LogP contribution in [-0.4, -0.2) is 15.9 Å². The maximum atomic E-state index is 11.8. The summed E-state index contributed by atoms with van der Waals surface area (Å²) in [5, 5.41) is 12.1. The molecule has 1 aromatic heterocycles. The molecular weight excluding hydrogens is 627 g/mol. The molecule has 36 heavy (non-hydrogen) atoms. The van der Waals surface area contributed by atoms with E-state index in [1.807, 2.05) is 78.1 Å². The predicted octanol–water partition coefficient (Wildman–Crippen LogP) is 8.82. The third kappa shape index (κ3) is 8.87. The van der Waals surface area contributed by atoms with Crippen molar-refractivity contribution in [3.63, 3.8) is 0 Å². The summed E-state index contributed by atoms with van der Waals surface area (Å²) in [4.78, 5) is 16.2. The SMILES string of the molecule is CC(C)c1ccc2cnc(Oc3[c-]cccc3)cc2c1.CCC(C)(C)C(=O)/C=C(\O)C(C)(C)CC.[Ir]. The first-order valence-electron chi connectivity index (χ1n) is 12.4. The summed E-state index contributed by atoms with van der Waals surface area (Å²) in [6.45, 7) is 16.0. The second kappa shape index (κ2) is 13.7. The molecule has 197 valence electrons. The number of pyridine rings is 1. The molecule has 5 heteroatoms. The van der Waals surface area contributed by atoms with Crippen LogP contribution >= 0.6 is 0 Å². The zero-order valence-corrected chi connectivity index (χ0v) is 25.2. The van der Waals surface area contributed by atoms with Gasteiger partial charge in [0.2, 0.25) is 5.88 Å². The van der Waals surface area contributed by atoms with E-state index in [2.05, 4.69) is 43.1 Å². The minimum Gasteiger partial charge on any atom is -0.512 e. The minimum atomic E-state index is -0.377. The number of aromatic nitrogens is 1. The molecule has 0 amide bonds. The van der Waals surface area contributed by atoms with Gasteiger partial charge in [0.25, 0.3) is 0 Å². The smallest absolute Gasteiger partial charge is 0.217 e. The number of aliphatic hydroxyl groups excluding tert-OH is 1. The van der Waals surface area contributed by atoms with Gasteiger partial charge < -0.3 is 9.84 Å². The van der Waals surface area contributed by atoms with Gasteiger partial charge in [-0.15, -0.1) is 12.1 Å². The van der Waals surface area contributed by atoms with Crippen LogP contribution in [0.3, 0.4) is 0 Å². The number of fused-ring (bicyclic) bond motifs is 1. The average Bonchev–Trinajstić information content (AvgIpc) is 2.84. The third-order valence-corrected chi connectivity index (χ3v) is 6.68. The van der Waals surface area contributed by atoms with Crippen LogP contribution in [0.5, 0.6) is 11.6 Å². The van der Waals surface area contributed by atoms with Crippen LogP contribution in [0.4, 0.5) is 0 Å². The quantitative estimate of drug-likeness (QED) is 0.148. The molecule has 3 rings (SSSR count). The van der Waals surface area contributed by atoms with Crippen LogP contribution < -0.4 is 4.74 Å². The van der Waals surface area contributed by atoms with Gasteiger partial charge in [-0.05, 0) is 29.7 Å². The first-order valence-corrected chi connectivity index (χ1v) is 12.4. The monoisotopic (exact) mass is 667 g/mol. The van der Waals surface area contributed by atoms with E-state index in [4.69, 9.17) is 4.74 Å². The van der Waals surface area contributed by atoms with Crippen LogP contribution in [0.2, 0.25) is 0 Å². The number of carbonyl (C=O) groups is 1. The van der Waals surface area contributed by atoms with E-state index < -0.39 is 0 Å². The molecule has 0 saturated carbocycles. The zero-order valence-electron chi connectivity index (χ0n) is 22.8. The van der Waals surface area contributed by atoms with Crippen LogP contribution in [0.15, 0.2) is 66.6 Å². The normalized spacial score (nSPS) is 12.0. The molecule has 0 saturated heterocycles. The van der Waals surface area contributed by atoms with Gasteiger partial charge in [0.1, 0.15) is 5.76 Å². The molecule has 1 heterocycles. The second-order valence-corrected chi connectivity index (χ2v) is 10.5. The molecule has 0 fully saturated rings. The van der Waals surface area contributed by atoms with Crippen molar-refractivity contribution in [1.29, 1.82) is 0 Å². The first kappa shape index (κ1) is 31.5. The van der Waals surface area contributed by atoms with E-state index in [-0.39, 0.29) is 42.5 Å². The van der Waals surface area contributed by atoms with E-state index in [0.717, 1.165) is 23.6 Å². The number of benzene rings is 2. The predicted molar refractivity (Wildman–Crippen MR) is 145 cm³/mol. The molecule has 0 bridgehead atoms. The first-order chi connectivity index (χ1) is 16.4. The molecule has 0 aliphatic rings. The topological polar surface area (TPSA) is 59.4 Å². The van der Waals surface area contributed by atoms with Crippen molar-refractivity contribution < 1.29 is 34.7 Å². The second-order valence-electron chi connectivity index (χ2n) is 10.5. The molecule has 0 unspecified atom stereocenters. The summed E-state index contributed by atoms with van der Waals surface area (Å²) in [6, 6.07) is 19.0. The van der Waals surface area contributed by atoms with Gasteiger partial charge in [-0.2, -0.15) is 18.2 Å². The molecule has 1 radical (unpaired) electrons. The third-order valence-electron chi connectivity index (χ3n) is 6.68. The summed E-state index contributed by atoms with van der Waals surface area (Å²) < 4.78 is 5.72. The minimum absolute atomic E-state index is 0. The zero-order chi connectivity index (χ0) is 26.2. The Balaban J connectivity index is 0.000000367. The average molecular weight is 667 g/mol. The van der Waals surface area contributed by atoms with Gasteiger partial charge in [-0.3, -0.25) is 4.79 Å². The number of para-hydroxylation sites is 1. The Morgan fingerprint density at radius 3 is 2.25 bits per heavy atom. The van der Waals surface area contributed by atoms with Crippen molar-refractivity contribution >= 4 is 16.6 Å². The van der Waals surface area contributed by atoms with E-state index in [9.17, 15) is 9.90 Å². The Morgan fingerprint density at radius 1 is 1.03 bits per heavy atom. The van der Waals surface area contributed by atoms with Crippen molar-refractivity contribution in [2.45, 2.75) is 74.1 Å². The Hall–Kier alpha value is -2.49. The Labute approximate surface area is 230 Å². The van der Waals surface area contributed by atoms with Crippen LogP contribution in [0, 0.1) is 16.9 Å². The Morgan fingerprint density at radius 2 is 1.69 bits per heavy atom. The van der Waals surface area contributed by atoms with E-state index >= 15 is 0 Å². The van der Waals surface area contributed by atoms with Gasteiger partial charge in [0.05, 0.1) is 0 Å². The van der Waals surface area contributed by atoms with Crippen molar-refractivity contribution in [3.05, 3.63) is 78.2 Å². The van der Waals surface area contributed by atoms with E-state index in [1.165, 1.54) is 11.6 Å². The molecule has 0 spiro atoms. The number of nitrogens with zero attached hydrogens (tertiary/aromatic N) is 1. The van der Waals surface area contributed by atoms with Crippen molar-refractivity contribution in [2.24, 2.45) is 10.8 Å². The van der Waals surface area contributed by atoms with Gasteiger partial charge >= 0.3 is 0 Å². The Bertz CT molecular complexity index is 1150. The largest absolute Gasteiger partial charge is 0.512 e. The fourth-order valence-electron chi connectivity index (χ4n) is 2.98. The molecule has 0 aliphatic carbocycles. The maximum absolute atomic E-state index is 11.8. The fourth-order valence-corrected chi connectivity index (χ4v) is 2.98. The summed E-state index contributed by atoms with van der Waals surface area (Å²) >= 11 is 0. The van der Waals surface area contributed by atoms with E-state index in [1.54, 1.807) is 0 Å². The molecule has 2 aromatic carbocycles. The standard InChI is InChI=1S/C18H16NO.C13H24O2.Ir/c1-13(2)14-8-9-15-12-19-18(11-16(15)10-14)20-17-6-4-3-5-7-17;1-7-12(3,4)10(14)9-11(15)13(5,6)8-2;/h3-6,8-13H,1-2H3;9,14H,7-8H2,1-6H3;/q-1;;/b;10-9-;. The van der Waals surface area contributed by atoms with E-state index in [0.29, 0.717) is 17.5 Å².